The van der Waals surface area contributed by atoms with E-state index in [2.05, 4.69) is 36.1 Å². The number of H-pyrrole nitrogens is 1. The number of hydrogen-bond acceptors (Lipinski definition) is 7. The quantitative estimate of drug-likeness (QED) is 0.376. The van der Waals surface area contributed by atoms with E-state index in [9.17, 15) is 4.39 Å². The number of benzene rings is 1. The van der Waals surface area contributed by atoms with Crippen molar-refractivity contribution in [3.05, 3.63) is 53.5 Å². The Labute approximate surface area is 168 Å². The Morgan fingerprint density at radius 2 is 1.90 bits per heavy atom. The third-order valence-corrected chi connectivity index (χ3v) is 4.73. The average Bonchev–Trinajstić information content (AvgIpc) is 3.46. The third kappa shape index (κ3) is 5.00. The van der Waals surface area contributed by atoms with Gasteiger partial charge in [-0.05, 0) is 37.5 Å². The monoisotopic (exact) mass is 397 g/mol. The van der Waals surface area contributed by atoms with Crippen LogP contribution in [-0.4, -0.2) is 38.4 Å². The summed E-state index contributed by atoms with van der Waals surface area (Å²) in [5, 5.41) is 25.9. The third-order valence-electron chi connectivity index (χ3n) is 4.73. The fourth-order valence-corrected chi connectivity index (χ4v) is 3.01. The SMILES string of the molecule is C[C@H](Nc1nc(NCCO)cc(Nc2cc(C3CC3)[nH]n2)n1)c1ccc(F)cc1. The van der Waals surface area contributed by atoms with Crippen LogP contribution < -0.4 is 16.0 Å². The van der Waals surface area contributed by atoms with E-state index in [-0.39, 0.29) is 18.5 Å². The van der Waals surface area contributed by atoms with Crippen LogP contribution in [0.4, 0.5) is 27.8 Å². The molecule has 0 bridgehead atoms. The molecule has 0 radical (unpaired) electrons. The highest BCUT2D eigenvalue weighted by Gasteiger charge is 2.25. The number of nitrogens with zero attached hydrogens (tertiary/aromatic N) is 3. The lowest BCUT2D eigenvalue weighted by molar-refractivity contribution is 0.311. The molecule has 5 N–H and O–H groups in total. The molecular weight excluding hydrogens is 373 g/mol. The number of hydrogen-bond donors (Lipinski definition) is 5. The van der Waals surface area contributed by atoms with E-state index in [0.29, 0.717) is 35.9 Å². The molecule has 9 heteroatoms. The number of anilines is 4. The minimum absolute atomic E-state index is 0.00831. The molecule has 0 amide bonds. The summed E-state index contributed by atoms with van der Waals surface area (Å²) in [6, 6.07) is 9.93. The van der Waals surface area contributed by atoms with Crippen molar-refractivity contribution in [2.45, 2.75) is 31.7 Å². The fourth-order valence-electron chi connectivity index (χ4n) is 3.01. The van der Waals surface area contributed by atoms with Crippen LogP contribution in [0.1, 0.15) is 43.0 Å². The maximum absolute atomic E-state index is 13.2. The van der Waals surface area contributed by atoms with Crippen molar-refractivity contribution in [1.29, 1.82) is 0 Å². The second kappa shape index (κ2) is 8.44. The normalized spacial score (nSPS) is 14.4. The number of nitrogens with one attached hydrogen (secondary N) is 4. The van der Waals surface area contributed by atoms with Gasteiger partial charge in [-0.3, -0.25) is 5.10 Å². The lowest BCUT2D eigenvalue weighted by Gasteiger charge is -2.16. The molecule has 3 aromatic rings. The number of halogens is 1. The van der Waals surface area contributed by atoms with Crippen LogP contribution in [0.2, 0.25) is 0 Å². The Morgan fingerprint density at radius 3 is 2.62 bits per heavy atom. The summed E-state index contributed by atoms with van der Waals surface area (Å²) in [5.74, 6) is 2.55. The average molecular weight is 397 g/mol. The van der Waals surface area contributed by atoms with Gasteiger partial charge >= 0.3 is 0 Å². The van der Waals surface area contributed by atoms with Crippen LogP contribution in [0.25, 0.3) is 0 Å². The van der Waals surface area contributed by atoms with Crippen molar-refractivity contribution in [2.24, 2.45) is 0 Å². The first-order valence-electron chi connectivity index (χ1n) is 9.69. The molecule has 1 aromatic carbocycles. The predicted octanol–water partition coefficient (Wildman–Crippen LogP) is 3.54. The van der Waals surface area contributed by atoms with E-state index in [4.69, 9.17) is 5.11 Å². The maximum Gasteiger partial charge on any atom is 0.227 e. The highest BCUT2D eigenvalue weighted by Crippen LogP contribution is 2.39. The lowest BCUT2D eigenvalue weighted by Crippen LogP contribution is -2.13. The molecule has 0 saturated heterocycles. The summed E-state index contributed by atoms with van der Waals surface area (Å²) in [6.07, 6.45) is 2.39. The van der Waals surface area contributed by atoms with Gasteiger partial charge in [0.2, 0.25) is 5.95 Å². The number of aromatic amines is 1. The fraction of sp³-hybridized carbons (Fsp3) is 0.350. The second-order valence-electron chi connectivity index (χ2n) is 7.14. The molecule has 152 valence electrons. The highest BCUT2D eigenvalue weighted by molar-refractivity contribution is 5.59. The molecule has 1 aliphatic rings. The molecule has 0 spiro atoms. The van der Waals surface area contributed by atoms with Crippen LogP contribution in [0.5, 0.6) is 0 Å². The molecule has 1 fully saturated rings. The molecule has 1 atom stereocenters. The van der Waals surface area contributed by atoms with Crippen molar-refractivity contribution in [2.75, 3.05) is 29.1 Å². The Morgan fingerprint density at radius 1 is 1.14 bits per heavy atom. The van der Waals surface area contributed by atoms with Gasteiger partial charge in [0.25, 0.3) is 0 Å². The van der Waals surface area contributed by atoms with Crippen molar-refractivity contribution in [1.82, 2.24) is 20.2 Å². The van der Waals surface area contributed by atoms with Gasteiger partial charge in [-0.1, -0.05) is 12.1 Å². The first-order valence-corrected chi connectivity index (χ1v) is 9.69. The minimum atomic E-state index is -0.275. The zero-order chi connectivity index (χ0) is 20.2. The van der Waals surface area contributed by atoms with Crippen molar-refractivity contribution >= 4 is 23.4 Å². The molecular formula is C20H24FN7O. The smallest absolute Gasteiger partial charge is 0.227 e. The van der Waals surface area contributed by atoms with Crippen LogP contribution in [-0.2, 0) is 0 Å². The van der Waals surface area contributed by atoms with Gasteiger partial charge in [0.05, 0.1) is 12.6 Å². The Kier molecular flexibility index (Phi) is 5.57. The van der Waals surface area contributed by atoms with Gasteiger partial charge < -0.3 is 21.1 Å². The first-order chi connectivity index (χ1) is 14.1. The van der Waals surface area contributed by atoms with Crippen LogP contribution in [0.3, 0.4) is 0 Å². The van der Waals surface area contributed by atoms with Crippen molar-refractivity contribution in [3.8, 4) is 0 Å². The largest absolute Gasteiger partial charge is 0.395 e. The molecule has 1 saturated carbocycles. The van der Waals surface area contributed by atoms with Crippen LogP contribution in [0.15, 0.2) is 36.4 Å². The van der Waals surface area contributed by atoms with E-state index < -0.39 is 0 Å². The Balaban J connectivity index is 1.53. The number of aliphatic hydroxyl groups is 1. The second-order valence-corrected chi connectivity index (χ2v) is 7.14. The molecule has 4 rings (SSSR count). The number of rotatable bonds is 9. The van der Waals surface area contributed by atoms with Crippen LogP contribution >= 0.6 is 0 Å². The Bertz CT molecular complexity index is 956. The van der Waals surface area contributed by atoms with E-state index in [1.165, 1.54) is 25.0 Å². The van der Waals surface area contributed by atoms with Crippen LogP contribution in [0, 0.1) is 5.82 Å². The molecule has 2 heterocycles. The van der Waals surface area contributed by atoms with Crippen molar-refractivity contribution in [3.63, 3.8) is 0 Å². The topological polar surface area (TPSA) is 111 Å². The number of aliphatic hydroxyl groups excluding tert-OH is 1. The standard InChI is InChI=1S/C20H24FN7O/c1-12(13-4-6-15(21)7-5-13)23-20-25-17(22-8-9-29)11-18(26-20)24-19-10-16(27-28-19)14-2-3-14/h4-7,10-12,14,29H,2-3,8-9H2,1H3,(H4,22,23,24,25,26,27,28)/t12-/m0/s1. The van der Waals surface area contributed by atoms with E-state index in [1.54, 1.807) is 18.2 Å². The van der Waals surface area contributed by atoms with Gasteiger partial charge in [-0.15, -0.1) is 0 Å². The summed E-state index contributed by atoms with van der Waals surface area (Å²) in [6.45, 7) is 2.32. The molecule has 29 heavy (non-hydrogen) atoms. The van der Waals surface area contributed by atoms with E-state index in [0.717, 1.165) is 11.3 Å². The predicted molar refractivity (Wildman–Crippen MR) is 110 cm³/mol. The minimum Gasteiger partial charge on any atom is -0.395 e. The maximum atomic E-state index is 13.2. The van der Waals surface area contributed by atoms with Gasteiger partial charge in [-0.25, -0.2) is 4.39 Å². The van der Waals surface area contributed by atoms with Gasteiger partial charge in [-0.2, -0.15) is 15.1 Å². The summed E-state index contributed by atoms with van der Waals surface area (Å²) >= 11 is 0. The molecule has 0 unspecified atom stereocenters. The molecule has 1 aliphatic carbocycles. The number of aromatic nitrogens is 4. The summed E-state index contributed by atoms with van der Waals surface area (Å²) < 4.78 is 13.2. The van der Waals surface area contributed by atoms with Crippen molar-refractivity contribution < 1.29 is 9.50 Å². The summed E-state index contributed by atoms with van der Waals surface area (Å²) in [4.78, 5) is 8.98. The first kappa shape index (κ1) is 19.1. The zero-order valence-corrected chi connectivity index (χ0v) is 16.1. The molecule has 8 nitrogen and oxygen atoms in total. The highest BCUT2D eigenvalue weighted by atomic mass is 19.1. The lowest BCUT2D eigenvalue weighted by atomic mass is 10.1. The van der Waals surface area contributed by atoms with Gasteiger partial charge in [0, 0.05) is 30.3 Å². The summed E-state index contributed by atoms with van der Waals surface area (Å²) in [5.41, 5.74) is 2.04. The van der Waals surface area contributed by atoms with E-state index >= 15 is 0 Å². The van der Waals surface area contributed by atoms with E-state index in [1.807, 2.05) is 13.0 Å². The van der Waals surface area contributed by atoms with Gasteiger partial charge in [0.1, 0.15) is 17.5 Å². The summed E-state index contributed by atoms with van der Waals surface area (Å²) in [7, 11) is 0. The Hall–Kier alpha value is -3.20. The zero-order valence-electron chi connectivity index (χ0n) is 16.1. The molecule has 2 aromatic heterocycles. The molecule has 0 aliphatic heterocycles. The van der Waals surface area contributed by atoms with Gasteiger partial charge in [0.15, 0.2) is 5.82 Å².